The second-order valence-electron chi connectivity index (χ2n) is 4.70. The van der Waals surface area contributed by atoms with Crippen molar-refractivity contribution < 1.29 is 9.53 Å². The van der Waals surface area contributed by atoms with E-state index >= 15 is 0 Å². The lowest BCUT2D eigenvalue weighted by Crippen LogP contribution is -2.44. The molecule has 2 amide bonds. The molecule has 0 aromatic carbocycles. The summed E-state index contributed by atoms with van der Waals surface area (Å²) in [6.45, 7) is 10.3. The summed E-state index contributed by atoms with van der Waals surface area (Å²) in [6, 6.07) is 0.0352. The third-order valence-electron chi connectivity index (χ3n) is 2.09. The minimum absolute atomic E-state index is 0.0255. The Hall–Kier alpha value is -0.770. The first-order valence-electron chi connectivity index (χ1n) is 6.06. The molecular formula is C12H26N2O2. The van der Waals surface area contributed by atoms with Crippen LogP contribution in [-0.4, -0.2) is 43.8 Å². The van der Waals surface area contributed by atoms with Gasteiger partial charge in [0.05, 0.1) is 12.6 Å². The molecule has 0 rings (SSSR count). The van der Waals surface area contributed by atoms with E-state index in [9.17, 15) is 4.79 Å². The highest BCUT2D eigenvalue weighted by Crippen LogP contribution is 1.95. The van der Waals surface area contributed by atoms with Crippen LogP contribution in [0.2, 0.25) is 0 Å². The van der Waals surface area contributed by atoms with Crippen LogP contribution >= 0.6 is 0 Å². The molecule has 16 heavy (non-hydrogen) atoms. The van der Waals surface area contributed by atoms with E-state index in [2.05, 4.69) is 26.1 Å². The van der Waals surface area contributed by atoms with E-state index in [-0.39, 0.29) is 12.1 Å². The van der Waals surface area contributed by atoms with Gasteiger partial charge >= 0.3 is 6.03 Å². The predicted molar refractivity (Wildman–Crippen MR) is 66.6 cm³/mol. The molecular weight excluding hydrogens is 204 g/mol. The first-order chi connectivity index (χ1) is 7.47. The lowest BCUT2D eigenvalue weighted by atomic mass is 10.2. The van der Waals surface area contributed by atoms with Crippen LogP contribution in [0.5, 0.6) is 0 Å². The van der Waals surface area contributed by atoms with Crippen LogP contribution < -0.4 is 5.32 Å². The number of nitrogens with one attached hydrogen (secondary N) is 1. The number of amides is 2. The number of nitrogens with zero attached hydrogens (tertiary/aromatic N) is 1. The summed E-state index contributed by atoms with van der Waals surface area (Å²) in [5, 5.41) is 2.90. The van der Waals surface area contributed by atoms with Crippen LogP contribution in [0.3, 0.4) is 0 Å². The topological polar surface area (TPSA) is 41.6 Å². The number of carbonyl (C=O) groups is 1. The summed E-state index contributed by atoms with van der Waals surface area (Å²) in [6.07, 6.45) is 0.974. The molecule has 4 heteroatoms. The van der Waals surface area contributed by atoms with Gasteiger partial charge in [0.2, 0.25) is 0 Å². The van der Waals surface area contributed by atoms with Crippen LogP contribution in [0.1, 0.15) is 34.1 Å². The van der Waals surface area contributed by atoms with E-state index in [1.165, 1.54) is 0 Å². The molecule has 0 bridgehead atoms. The largest absolute Gasteiger partial charge is 0.379 e. The maximum Gasteiger partial charge on any atom is 0.317 e. The van der Waals surface area contributed by atoms with Gasteiger partial charge in [0.1, 0.15) is 0 Å². The molecule has 1 unspecified atom stereocenters. The standard InChI is InChI=1S/C12H26N2O2/c1-6-7-14(5)12(15)13-11(4)9-16-8-10(2)3/h10-11H,6-9H2,1-5H3,(H,13,15). The first-order valence-corrected chi connectivity index (χ1v) is 6.06. The smallest absolute Gasteiger partial charge is 0.317 e. The zero-order valence-electron chi connectivity index (χ0n) is 11.2. The summed E-state index contributed by atoms with van der Waals surface area (Å²) in [5.41, 5.74) is 0. The van der Waals surface area contributed by atoms with Crippen molar-refractivity contribution >= 4 is 6.03 Å². The van der Waals surface area contributed by atoms with Crippen molar-refractivity contribution in [3.05, 3.63) is 0 Å². The summed E-state index contributed by atoms with van der Waals surface area (Å²) < 4.78 is 5.46. The minimum Gasteiger partial charge on any atom is -0.379 e. The van der Waals surface area contributed by atoms with Crippen LogP contribution in [-0.2, 0) is 4.74 Å². The number of rotatable bonds is 7. The number of ether oxygens (including phenoxy) is 1. The van der Waals surface area contributed by atoms with Gasteiger partial charge in [0.15, 0.2) is 0 Å². The summed E-state index contributed by atoms with van der Waals surface area (Å²) >= 11 is 0. The van der Waals surface area contributed by atoms with Crippen molar-refractivity contribution in [2.45, 2.75) is 40.2 Å². The molecule has 0 radical (unpaired) electrons. The molecule has 0 saturated carbocycles. The van der Waals surface area contributed by atoms with Gasteiger partial charge < -0.3 is 15.0 Å². The Kier molecular flexibility index (Phi) is 7.99. The van der Waals surface area contributed by atoms with Crippen molar-refractivity contribution in [3.8, 4) is 0 Å². The molecule has 96 valence electrons. The molecule has 0 aliphatic rings. The van der Waals surface area contributed by atoms with Crippen molar-refractivity contribution in [3.63, 3.8) is 0 Å². The zero-order chi connectivity index (χ0) is 12.6. The Morgan fingerprint density at radius 3 is 2.44 bits per heavy atom. The average Bonchev–Trinajstić information content (AvgIpc) is 2.17. The maximum atomic E-state index is 11.6. The van der Waals surface area contributed by atoms with Gasteiger partial charge in [-0.25, -0.2) is 4.79 Å². The number of hydrogen-bond donors (Lipinski definition) is 1. The molecule has 0 fully saturated rings. The first kappa shape index (κ1) is 15.2. The fourth-order valence-corrected chi connectivity index (χ4v) is 1.28. The van der Waals surface area contributed by atoms with Crippen LogP contribution in [0, 0.1) is 5.92 Å². The monoisotopic (exact) mass is 230 g/mol. The summed E-state index contributed by atoms with van der Waals surface area (Å²) in [7, 11) is 1.81. The van der Waals surface area contributed by atoms with Gasteiger partial charge in [-0.3, -0.25) is 0 Å². The van der Waals surface area contributed by atoms with Gasteiger partial charge in [0, 0.05) is 20.2 Å². The third kappa shape index (κ3) is 7.51. The van der Waals surface area contributed by atoms with Gasteiger partial charge in [-0.1, -0.05) is 20.8 Å². The van der Waals surface area contributed by atoms with Crippen molar-refractivity contribution in [2.24, 2.45) is 5.92 Å². The summed E-state index contributed by atoms with van der Waals surface area (Å²) in [4.78, 5) is 13.3. The molecule has 0 spiro atoms. The van der Waals surface area contributed by atoms with Gasteiger partial charge in [0.25, 0.3) is 0 Å². The van der Waals surface area contributed by atoms with Gasteiger partial charge in [-0.2, -0.15) is 0 Å². The SMILES string of the molecule is CCCN(C)C(=O)NC(C)COCC(C)C. The number of urea groups is 1. The van der Waals surface area contributed by atoms with E-state index in [0.717, 1.165) is 19.6 Å². The fraction of sp³-hybridized carbons (Fsp3) is 0.917. The Morgan fingerprint density at radius 1 is 1.31 bits per heavy atom. The third-order valence-corrected chi connectivity index (χ3v) is 2.09. The highest BCUT2D eigenvalue weighted by Gasteiger charge is 2.11. The molecule has 0 aromatic rings. The number of carbonyl (C=O) groups excluding carboxylic acids is 1. The molecule has 0 aliphatic carbocycles. The van der Waals surface area contributed by atoms with Crippen LogP contribution in [0.25, 0.3) is 0 Å². The molecule has 1 N–H and O–H groups in total. The fourth-order valence-electron chi connectivity index (χ4n) is 1.28. The van der Waals surface area contributed by atoms with Gasteiger partial charge in [-0.15, -0.1) is 0 Å². The van der Waals surface area contributed by atoms with Crippen molar-refractivity contribution in [1.82, 2.24) is 10.2 Å². The Labute approximate surface area is 99.3 Å². The normalized spacial score (nSPS) is 12.6. The van der Waals surface area contributed by atoms with Crippen LogP contribution in [0.15, 0.2) is 0 Å². The molecule has 4 nitrogen and oxygen atoms in total. The second kappa shape index (κ2) is 8.39. The highest BCUT2D eigenvalue weighted by molar-refractivity contribution is 5.74. The van der Waals surface area contributed by atoms with E-state index in [1.54, 1.807) is 11.9 Å². The van der Waals surface area contributed by atoms with Crippen molar-refractivity contribution in [1.29, 1.82) is 0 Å². The van der Waals surface area contributed by atoms with Gasteiger partial charge in [-0.05, 0) is 19.3 Å². The molecule has 0 aliphatic heterocycles. The van der Waals surface area contributed by atoms with Crippen molar-refractivity contribution in [2.75, 3.05) is 26.8 Å². The molecule has 0 aromatic heterocycles. The number of hydrogen-bond acceptors (Lipinski definition) is 2. The van der Waals surface area contributed by atoms with E-state index in [0.29, 0.717) is 12.5 Å². The van der Waals surface area contributed by atoms with E-state index < -0.39 is 0 Å². The Morgan fingerprint density at radius 2 is 1.94 bits per heavy atom. The second-order valence-corrected chi connectivity index (χ2v) is 4.70. The Bertz CT molecular complexity index is 195. The van der Waals surface area contributed by atoms with Crippen LogP contribution in [0.4, 0.5) is 4.79 Å². The zero-order valence-corrected chi connectivity index (χ0v) is 11.2. The Balaban J connectivity index is 3.69. The van der Waals surface area contributed by atoms with E-state index in [4.69, 9.17) is 4.74 Å². The lowest BCUT2D eigenvalue weighted by Gasteiger charge is -2.21. The quantitative estimate of drug-likeness (QED) is 0.727. The minimum atomic E-state index is -0.0255. The average molecular weight is 230 g/mol. The molecule has 0 heterocycles. The van der Waals surface area contributed by atoms with E-state index in [1.807, 2.05) is 6.92 Å². The molecule has 0 saturated heterocycles. The highest BCUT2D eigenvalue weighted by atomic mass is 16.5. The summed E-state index contributed by atoms with van der Waals surface area (Å²) in [5.74, 6) is 0.533. The lowest BCUT2D eigenvalue weighted by molar-refractivity contribution is 0.0938. The predicted octanol–water partition coefficient (Wildman–Crippen LogP) is 2.10. The maximum absolute atomic E-state index is 11.6. The molecule has 1 atom stereocenters.